The van der Waals surface area contributed by atoms with Crippen molar-refractivity contribution in [3.63, 3.8) is 0 Å². The largest absolute Gasteiger partial charge is 0.481 e. The highest BCUT2D eigenvalue weighted by molar-refractivity contribution is 5.79. The van der Waals surface area contributed by atoms with Crippen molar-refractivity contribution >= 4 is 5.91 Å². The lowest BCUT2D eigenvalue weighted by molar-refractivity contribution is -0.139. The number of ether oxygens (including phenoxy) is 2. The maximum atomic E-state index is 12.4. The van der Waals surface area contributed by atoms with Gasteiger partial charge in [0.2, 0.25) is 11.8 Å². The minimum absolute atomic E-state index is 0.0274. The highest BCUT2D eigenvalue weighted by atomic mass is 16.5. The topological polar surface area (TPSA) is 51.7 Å². The SMILES string of the molecule is COc1cc(COCC(=O)N2CC=CC23CCCC3)ccn1. The Morgan fingerprint density at radius 2 is 2.23 bits per heavy atom. The molecule has 5 heteroatoms. The molecule has 0 atom stereocenters. The summed E-state index contributed by atoms with van der Waals surface area (Å²) in [5, 5.41) is 0. The average molecular weight is 302 g/mol. The van der Waals surface area contributed by atoms with Crippen molar-refractivity contribution in [2.24, 2.45) is 0 Å². The molecule has 0 bridgehead atoms. The van der Waals surface area contributed by atoms with E-state index >= 15 is 0 Å². The van der Waals surface area contributed by atoms with Crippen molar-refractivity contribution < 1.29 is 14.3 Å². The number of rotatable bonds is 5. The first-order valence-corrected chi connectivity index (χ1v) is 7.78. The summed E-state index contributed by atoms with van der Waals surface area (Å²) >= 11 is 0. The van der Waals surface area contributed by atoms with Crippen LogP contribution in [-0.4, -0.2) is 41.6 Å². The van der Waals surface area contributed by atoms with Gasteiger partial charge in [-0.3, -0.25) is 4.79 Å². The summed E-state index contributed by atoms with van der Waals surface area (Å²) < 4.78 is 10.7. The summed E-state index contributed by atoms with van der Waals surface area (Å²) in [6, 6.07) is 3.68. The smallest absolute Gasteiger partial charge is 0.249 e. The van der Waals surface area contributed by atoms with E-state index in [2.05, 4.69) is 17.1 Å². The predicted molar refractivity (Wildman–Crippen MR) is 82.5 cm³/mol. The molecule has 1 fully saturated rings. The number of aromatic nitrogens is 1. The maximum Gasteiger partial charge on any atom is 0.249 e. The van der Waals surface area contributed by atoms with Gasteiger partial charge >= 0.3 is 0 Å². The first-order chi connectivity index (χ1) is 10.7. The molecule has 22 heavy (non-hydrogen) atoms. The number of hydrogen-bond donors (Lipinski definition) is 0. The summed E-state index contributed by atoms with van der Waals surface area (Å²) in [5.41, 5.74) is 0.926. The molecule has 1 aliphatic heterocycles. The van der Waals surface area contributed by atoms with Crippen molar-refractivity contribution in [3.05, 3.63) is 36.0 Å². The highest BCUT2D eigenvalue weighted by Gasteiger charge is 2.41. The first kappa shape index (κ1) is 15.0. The first-order valence-electron chi connectivity index (χ1n) is 7.78. The second-order valence-corrected chi connectivity index (χ2v) is 5.92. The van der Waals surface area contributed by atoms with Crippen LogP contribution in [0.25, 0.3) is 0 Å². The molecule has 0 N–H and O–H groups in total. The monoisotopic (exact) mass is 302 g/mol. The molecule has 5 nitrogen and oxygen atoms in total. The number of carbonyl (C=O) groups excluding carboxylic acids is 1. The van der Waals surface area contributed by atoms with E-state index in [0.29, 0.717) is 19.0 Å². The van der Waals surface area contributed by atoms with Gasteiger partial charge in [-0.15, -0.1) is 0 Å². The Labute approximate surface area is 130 Å². The third-order valence-electron chi connectivity index (χ3n) is 4.53. The maximum absolute atomic E-state index is 12.4. The molecule has 0 radical (unpaired) electrons. The molecule has 1 aromatic rings. The van der Waals surface area contributed by atoms with Gasteiger partial charge in [-0.05, 0) is 24.5 Å². The van der Waals surface area contributed by atoms with Gasteiger partial charge < -0.3 is 14.4 Å². The van der Waals surface area contributed by atoms with Gasteiger partial charge in [-0.25, -0.2) is 4.98 Å². The Bertz CT molecular complexity index is 565. The predicted octanol–water partition coefficient (Wildman–Crippen LogP) is 2.32. The van der Waals surface area contributed by atoms with Gasteiger partial charge in [-0.1, -0.05) is 25.0 Å². The minimum atomic E-state index is -0.0274. The Morgan fingerprint density at radius 3 is 3.00 bits per heavy atom. The molecule has 2 aliphatic rings. The van der Waals surface area contributed by atoms with Crippen molar-refractivity contribution in [1.29, 1.82) is 0 Å². The van der Waals surface area contributed by atoms with Gasteiger partial charge in [0, 0.05) is 18.8 Å². The van der Waals surface area contributed by atoms with Crippen LogP contribution in [0.15, 0.2) is 30.5 Å². The van der Waals surface area contributed by atoms with Crippen LogP contribution >= 0.6 is 0 Å². The van der Waals surface area contributed by atoms with Crippen LogP contribution < -0.4 is 4.74 Å². The summed E-state index contributed by atoms with van der Waals surface area (Å²) in [5.74, 6) is 0.633. The van der Waals surface area contributed by atoms with E-state index in [1.165, 1.54) is 12.8 Å². The van der Waals surface area contributed by atoms with E-state index in [-0.39, 0.29) is 18.1 Å². The molecule has 1 amide bonds. The van der Waals surface area contributed by atoms with E-state index in [1.807, 2.05) is 17.0 Å². The van der Waals surface area contributed by atoms with E-state index < -0.39 is 0 Å². The summed E-state index contributed by atoms with van der Waals surface area (Å²) in [6.45, 7) is 1.22. The molecule has 2 heterocycles. The van der Waals surface area contributed by atoms with Crippen molar-refractivity contribution in [2.45, 2.75) is 37.8 Å². The van der Waals surface area contributed by atoms with Crippen LogP contribution in [0.5, 0.6) is 5.88 Å². The lowest BCUT2D eigenvalue weighted by atomic mass is 9.97. The van der Waals surface area contributed by atoms with E-state index in [9.17, 15) is 4.79 Å². The summed E-state index contributed by atoms with van der Waals surface area (Å²) in [7, 11) is 1.58. The Balaban J connectivity index is 1.52. The van der Waals surface area contributed by atoms with Crippen LogP contribution in [0.1, 0.15) is 31.2 Å². The van der Waals surface area contributed by atoms with Gasteiger partial charge in [0.25, 0.3) is 0 Å². The zero-order chi connectivity index (χ0) is 15.4. The second-order valence-electron chi connectivity index (χ2n) is 5.92. The molecule has 1 aliphatic carbocycles. The van der Waals surface area contributed by atoms with E-state index in [0.717, 1.165) is 18.4 Å². The van der Waals surface area contributed by atoms with E-state index in [1.54, 1.807) is 13.3 Å². The third-order valence-corrected chi connectivity index (χ3v) is 4.53. The van der Waals surface area contributed by atoms with Gasteiger partial charge in [0.15, 0.2) is 0 Å². The normalized spacial score (nSPS) is 19.0. The second kappa shape index (κ2) is 6.48. The summed E-state index contributed by atoms with van der Waals surface area (Å²) in [6.07, 6.45) is 10.6. The van der Waals surface area contributed by atoms with Crippen molar-refractivity contribution in [2.75, 3.05) is 20.3 Å². The zero-order valence-electron chi connectivity index (χ0n) is 13.0. The number of pyridine rings is 1. The minimum Gasteiger partial charge on any atom is -0.481 e. The molecule has 3 rings (SSSR count). The standard InChI is InChI=1S/C17H22N2O3/c1-21-15-11-14(5-9-18-15)12-22-13-16(20)19-10-4-8-17(19)6-2-3-7-17/h4-5,8-9,11H,2-3,6-7,10,12-13H2,1H3. The number of amides is 1. The lowest BCUT2D eigenvalue weighted by Crippen LogP contribution is -2.47. The van der Waals surface area contributed by atoms with Crippen LogP contribution in [0, 0.1) is 0 Å². The molecular weight excluding hydrogens is 280 g/mol. The molecule has 118 valence electrons. The van der Waals surface area contributed by atoms with Gasteiger partial charge in [-0.2, -0.15) is 0 Å². The number of methoxy groups -OCH3 is 1. The fourth-order valence-corrected chi connectivity index (χ4v) is 3.41. The molecule has 1 saturated carbocycles. The van der Waals surface area contributed by atoms with Crippen LogP contribution in [-0.2, 0) is 16.1 Å². The fraction of sp³-hybridized carbons (Fsp3) is 0.529. The molecule has 1 aromatic heterocycles. The molecule has 0 unspecified atom stereocenters. The van der Waals surface area contributed by atoms with Crippen LogP contribution in [0.4, 0.5) is 0 Å². The molecule has 1 spiro atoms. The highest BCUT2D eigenvalue weighted by Crippen LogP contribution is 2.39. The Hall–Kier alpha value is -1.88. The number of nitrogens with zero attached hydrogens (tertiary/aromatic N) is 2. The van der Waals surface area contributed by atoms with Crippen LogP contribution in [0.3, 0.4) is 0 Å². The molecule has 0 aromatic carbocycles. The van der Waals surface area contributed by atoms with Crippen LogP contribution in [0.2, 0.25) is 0 Å². The van der Waals surface area contributed by atoms with E-state index in [4.69, 9.17) is 9.47 Å². The molecule has 0 saturated heterocycles. The number of hydrogen-bond acceptors (Lipinski definition) is 4. The van der Waals surface area contributed by atoms with Gasteiger partial charge in [0.05, 0.1) is 19.3 Å². The zero-order valence-corrected chi connectivity index (χ0v) is 13.0. The molecular formula is C17H22N2O3. The summed E-state index contributed by atoms with van der Waals surface area (Å²) in [4.78, 5) is 18.5. The Morgan fingerprint density at radius 1 is 1.41 bits per heavy atom. The van der Waals surface area contributed by atoms with Crippen molar-refractivity contribution in [3.8, 4) is 5.88 Å². The quantitative estimate of drug-likeness (QED) is 0.783. The van der Waals surface area contributed by atoms with Crippen molar-refractivity contribution in [1.82, 2.24) is 9.88 Å². The fourth-order valence-electron chi connectivity index (χ4n) is 3.41. The average Bonchev–Trinajstić information content (AvgIpc) is 3.18. The lowest BCUT2D eigenvalue weighted by Gasteiger charge is -2.34. The van der Waals surface area contributed by atoms with Gasteiger partial charge in [0.1, 0.15) is 6.61 Å². The Kier molecular flexibility index (Phi) is 4.43. The number of carbonyl (C=O) groups is 1. The third kappa shape index (κ3) is 2.99.